The second kappa shape index (κ2) is 8.11. The summed E-state index contributed by atoms with van der Waals surface area (Å²) < 4.78 is 1.01. The van der Waals surface area contributed by atoms with Gasteiger partial charge in [0.1, 0.15) is 12.0 Å². The number of nitrogens with zero attached hydrogens (tertiary/aromatic N) is 2. The Hall–Kier alpha value is -2.13. The van der Waals surface area contributed by atoms with Gasteiger partial charge in [-0.2, -0.15) is 0 Å². The Bertz CT molecular complexity index is 755. The van der Waals surface area contributed by atoms with Crippen LogP contribution in [0.3, 0.4) is 0 Å². The maximum Gasteiger partial charge on any atom is 0.288 e. The minimum atomic E-state index is -0.762. The maximum atomic E-state index is 11.5. The van der Waals surface area contributed by atoms with Crippen molar-refractivity contribution >= 4 is 45.1 Å². The molecule has 0 aliphatic carbocycles. The van der Waals surface area contributed by atoms with Crippen LogP contribution in [0.5, 0.6) is 0 Å². The molecule has 126 valence electrons. The van der Waals surface area contributed by atoms with Gasteiger partial charge in [-0.05, 0) is 24.3 Å². The molecule has 0 spiro atoms. The highest BCUT2D eigenvalue weighted by Gasteiger charge is 2.16. The number of anilines is 1. The predicted molar refractivity (Wildman–Crippen MR) is 97.4 cm³/mol. The smallest absolute Gasteiger partial charge is 0.288 e. The van der Waals surface area contributed by atoms with Crippen molar-refractivity contribution in [3.63, 3.8) is 0 Å². The molecule has 1 atom stereocenters. The van der Waals surface area contributed by atoms with E-state index < -0.39 is 10.8 Å². The highest BCUT2D eigenvalue weighted by Crippen LogP contribution is 2.25. The molecule has 0 bridgehead atoms. The van der Waals surface area contributed by atoms with Crippen molar-refractivity contribution in [1.29, 1.82) is 0 Å². The first-order chi connectivity index (χ1) is 11.4. The van der Waals surface area contributed by atoms with E-state index in [4.69, 9.17) is 5.73 Å². The molecule has 2 aromatic rings. The number of nitrogens with one attached hydrogen (secondary N) is 1. The van der Waals surface area contributed by atoms with Crippen molar-refractivity contribution in [1.82, 2.24) is 4.98 Å². The second-order valence-corrected chi connectivity index (χ2v) is 7.40. The van der Waals surface area contributed by atoms with Gasteiger partial charge in [0.25, 0.3) is 11.6 Å². The SMILES string of the molecule is CC(CNc1ncc([N+](=O)[O-])cc1C(N)=O)Sc1ccc(Br)cc1. The van der Waals surface area contributed by atoms with Crippen molar-refractivity contribution < 1.29 is 9.72 Å². The number of nitro groups is 1. The summed E-state index contributed by atoms with van der Waals surface area (Å²) >= 11 is 5.05. The number of thioether (sulfide) groups is 1. The summed E-state index contributed by atoms with van der Waals surface area (Å²) in [5.74, 6) is -0.515. The van der Waals surface area contributed by atoms with Gasteiger partial charge in [-0.15, -0.1) is 11.8 Å². The monoisotopic (exact) mass is 410 g/mol. The number of aromatic nitrogens is 1. The van der Waals surface area contributed by atoms with Crippen LogP contribution in [-0.4, -0.2) is 27.6 Å². The molecule has 0 saturated heterocycles. The van der Waals surface area contributed by atoms with Gasteiger partial charge in [0.2, 0.25) is 0 Å². The number of benzene rings is 1. The van der Waals surface area contributed by atoms with Gasteiger partial charge in [0.15, 0.2) is 0 Å². The Morgan fingerprint density at radius 2 is 2.12 bits per heavy atom. The molecule has 24 heavy (non-hydrogen) atoms. The number of amides is 1. The van der Waals surface area contributed by atoms with E-state index in [0.29, 0.717) is 6.54 Å². The molecule has 1 aromatic heterocycles. The first-order valence-electron chi connectivity index (χ1n) is 6.97. The normalized spacial score (nSPS) is 11.8. The second-order valence-electron chi connectivity index (χ2n) is 4.97. The van der Waals surface area contributed by atoms with Gasteiger partial charge in [-0.3, -0.25) is 14.9 Å². The number of carbonyl (C=O) groups is 1. The number of pyridine rings is 1. The van der Waals surface area contributed by atoms with Gasteiger partial charge in [-0.1, -0.05) is 22.9 Å². The molecule has 1 unspecified atom stereocenters. The molecule has 0 fully saturated rings. The first kappa shape index (κ1) is 18.2. The molecule has 2 rings (SSSR count). The summed E-state index contributed by atoms with van der Waals surface area (Å²) in [4.78, 5) is 26.7. The minimum absolute atomic E-state index is 0.00467. The van der Waals surface area contributed by atoms with Crippen LogP contribution in [0.25, 0.3) is 0 Å². The van der Waals surface area contributed by atoms with Crippen LogP contribution in [-0.2, 0) is 0 Å². The molecule has 9 heteroatoms. The van der Waals surface area contributed by atoms with E-state index in [1.807, 2.05) is 31.2 Å². The third-order valence-electron chi connectivity index (χ3n) is 3.06. The third-order valence-corrected chi connectivity index (χ3v) is 4.70. The Labute approximate surface area is 151 Å². The molecule has 1 amide bonds. The summed E-state index contributed by atoms with van der Waals surface area (Å²) in [5, 5.41) is 14.0. The van der Waals surface area contributed by atoms with Crippen LogP contribution in [0, 0.1) is 10.1 Å². The molecule has 0 radical (unpaired) electrons. The Kier molecular flexibility index (Phi) is 6.16. The molecule has 0 aliphatic heterocycles. The summed E-state index contributed by atoms with van der Waals surface area (Å²) in [6, 6.07) is 9.07. The fourth-order valence-electron chi connectivity index (χ4n) is 1.91. The van der Waals surface area contributed by atoms with Crippen LogP contribution in [0.4, 0.5) is 11.5 Å². The lowest BCUT2D eigenvalue weighted by Gasteiger charge is -2.14. The summed E-state index contributed by atoms with van der Waals surface area (Å²) in [6.45, 7) is 2.54. The lowest BCUT2D eigenvalue weighted by atomic mass is 10.2. The van der Waals surface area contributed by atoms with Gasteiger partial charge in [0.05, 0.1) is 10.5 Å². The standard InChI is InChI=1S/C15H15BrN4O3S/c1-9(24-12-4-2-10(16)3-5-12)7-18-15-13(14(17)21)6-11(8-19-15)20(22)23/h2-6,8-9H,7H2,1H3,(H2,17,21)(H,18,19). The summed E-state index contributed by atoms with van der Waals surface area (Å²) in [6.07, 6.45) is 1.10. The van der Waals surface area contributed by atoms with E-state index in [-0.39, 0.29) is 22.3 Å². The van der Waals surface area contributed by atoms with Gasteiger partial charge in [0, 0.05) is 27.2 Å². The van der Waals surface area contributed by atoms with Crippen LogP contribution < -0.4 is 11.1 Å². The Morgan fingerprint density at radius 3 is 2.71 bits per heavy atom. The van der Waals surface area contributed by atoms with Crippen molar-refractivity contribution in [2.75, 3.05) is 11.9 Å². The molecule has 0 aliphatic rings. The van der Waals surface area contributed by atoms with Gasteiger partial charge in [-0.25, -0.2) is 4.98 Å². The summed E-state index contributed by atoms with van der Waals surface area (Å²) in [5.41, 5.74) is 5.01. The zero-order valence-electron chi connectivity index (χ0n) is 12.7. The number of halogens is 1. The fraction of sp³-hybridized carbons (Fsp3) is 0.200. The summed E-state index contributed by atoms with van der Waals surface area (Å²) in [7, 11) is 0. The average molecular weight is 411 g/mol. The molecule has 1 heterocycles. The van der Waals surface area contributed by atoms with E-state index in [1.54, 1.807) is 11.8 Å². The highest BCUT2D eigenvalue weighted by atomic mass is 79.9. The van der Waals surface area contributed by atoms with E-state index in [2.05, 4.69) is 26.2 Å². The number of carbonyl (C=O) groups excluding carboxylic acids is 1. The van der Waals surface area contributed by atoms with Crippen LogP contribution in [0.1, 0.15) is 17.3 Å². The molecule has 1 aromatic carbocycles. The highest BCUT2D eigenvalue weighted by molar-refractivity contribution is 9.10. The van der Waals surface area contributed by atoms with E-state index in [0.717, 1.165) is 21.6 Å². The van der Waals surface area contributed by atoms with Crippen LogP contribution in [0.15, 0.2) is 45.9 Å². The molecular formula is C15H15BrN4O3S. The molecular weight excluding hydrogens is 396 g/mol. The fourth-order valence-corrected chi connectivity index (χ4v) is 3.10. The van der Waals surface area contributed by atoms with Crippen molar-refractivity contribution in [3.8, 4) is 0 Å². The lowest BCUT2D eigenvalue weighted by molar-refractivity contribution is -0.385. The zero-order chi connectivity index (χ0) is 17.7. The predicted octanol–water partition coefficient (Wildman–Crippen LogP) is 3.44. The molecule has 0 saturated carbocycles. The Balaban J connectivity index is 2.03. The first-order valence-corrected chi connectivity index (χ1v) is 8.64. The van der Waals surface area contributed by atoms with Gasteiger partial charge >= 0.3 is 0 Å². The maximum absolute atomic E-state index is 11.5. The number of hydrogen-bond acceptors (Lipinski definition) is 6. The number of primary amides is 1. The molecule has 3 N–H and O–H groups in total. The van der Waals surface area contributed by atoms with Gasteiger partial charge < -0.3 is 11.1 Å². The third kappa shape index (κ3) is 4.93. The van der Waals surface area contributed by atoms with Crippen molar-refractivity contribution in [2.45, 2.75) is 17.1 Å². The minimum Gasteiger partial charge on any atom is -0.368 e. The average Bonchev–Trinajstić information content (AvgIpc) is 2.54. The number of rotatable bonds is 7. The molecule has 7 nitrogen and oxygen atoms in total. The lowest BCUT2D eigenvalue weighted by Crippen LogP contribution is -2.19. The van der Waals surface area contributed by atoms with Crippen molar-refractivity contribution in [2.24, 2.45) is 5.73 Å². The van der Waals surface area contributed by atoms with E-state index in [1.165, 1.54) is 0 Å². The quantitative estimate of drug-likeness (QED) is 0.410. The number of hydrogen-bond donors (Lipinski definition) is 2. The van der Waals surface area contributed by atoms with E-state index in [9.17, 15) is 14.9 Å². The Morgan fingerprint density at radius 1 is 1.46 bits per heavy atom. The zero-order valence-corrected chi connectivity index (χ0v) is 15.1. The largest absolute Gasteiger partial charge is 0.368 e. The van der Waals surface area contributed by atoms with Crippen LogP contribution >= 0.6 is 27.7 Å². The number of nitrogens with two attached hydrogens (primary N) is 1. The van der Waals surface area contributed by atoms with E-state index >= 15 is 0 Å². The van der Waals surface area contributed by atoms with Crippen LogP contribution in [0.2, 0.25) is 0 Å². The topological polar surface area (TPSA) is 111 Å². The van der Waals surface area contributed by atoms with Crippen molar-refractivity contribution in [3.05, 3.63) is 56.7 Å².